The first-order valence-electron chi connectivity index (χ1n) is 6.38. The van der Waals surface area contributed by atoms with Crippen molar-refractivity contribution >= 4 is 0 Å². The van der Waals surface area contributed by atoms with Crippen molar-refractivity contribution in [3.05, 3.63) is 29.3 Å². The van der Waals surface area contributed by atoms with Gasteiger partial charge in [-0.3, -0.25) is 0 Å². The third-order valence-corrected chi connectivity index (χ3v) is 3.02. The summed E-state index contributed by atoms with van der Waals surface area (Å²) in [6.07, 6.45) is 0.869. The second-order valence-corrected chi connectivity index (χ2v) is 4.78. The van der Waals surface area contributed by atoms with Gasteiger partial charge in [-0.2, -0.15) is 5.26 Å². The summed E-state index contributed by atoms with van der Waals surface area (Å²) in [6, 6.07) is 8.43. The fourth-order valence-electron chi connectivity index (χ4n) is 1.80. The molecule has 1 N–H and O–H groups in total. The summed E-state index contributed by atoms with van der Waals surface area (Å²) in [5, 5.41) is 11.8. The Labute approximate surface area is 110 Å². The number of nitrogens with one attached hydrogen (secondary N) is 1. The Bertz CT molecular complexity index is 421. The lowest BCUT2D eigenvalue weighted by Gasteiger charge is -2.13. The van der Waals surface area contributed by atoms with Crippen LogP contribution in [0, 0.1) is 11.3 Å². The van der Waals surface area contributed by atoms with Crippen molar-refractivity contribution in [2.75, 3.05) is 13.7 Å². The van der Waals surface area contributed by atoms with Crippen LogP contribution in [0.4, 0.5) is 0 Å². The minimum Gasteiger partial charge on any atom is -0.496 e. The molecule has 3 nitrogen and oxygen atoms in total. The predicted molar refractivity (Wildman–Crippen MR) is 73.9 cm³/mol. The van der Waals surface area contributed by atoms with Gasteiger partial charge in [-0.05, 0) is 36.5 Å². The van der Waals surface area contributed by atoms with E-state index < -0.39 is 0 Å². The maximum absolute atomic E-state index is 8.69. The molecule has 0 aromatic heterocycles. The monoisotopic (exact) mass is 246 g/mol. The predicted octanol–water partition coefficient (Wildman–Crippen LogP) is 2.86. The molecule has 0 saturated carbocycles. The molecule has 1 aromatic carbocycles. The van der Waals surface area contributed by atoms with Crippen LogP contribution in [0.3, 0.4) is 0 Å². The molecule has 1 aromatic rings. The first-order valence-corrected chi connectivity index (χ1v) is 6.38. The summed E-state index contributed by atoms with van der Waals surface area (Å²) in [5.74, 6) is 1.44. The van der Waals surface area contributed by atoms with Gasteiger partial charge in [0.15, 0.2) is 0 Å². The molecule has 98 valence electrons. The fourth-order valence-corrected chi connectivity index (χ4v) is 1.80. The molecule has 0 aliphatic rings. The van der Waals surface area contributed by atoms with E-state index in [1.54, 1.807) is 7.11 Å². The van der Waals surface area contributed by atoms with Gasteiger partial charge in [0.05, 0.1) is 19.2 Å². The number of nitriles is 1. The number of rotatable bonds is 6. The standard InChI is InChI=1S/C15H22N2O/c1-11(2)14-6-5-13(15(9-14)18-4)7-8-17-12(3)10-16/h5-6,9,11-12,17H,7-8H2,1-4H3. The minimum atomic E-state index is -0.106. The lowest BCUT2D eigenvalue weighted by molar-refractivity contribution is 0.408. The van der Waals surface area contributed by atoms with E-state index in [0.717, 1.165) is 18.7 Å². The molecule has 0 fully saturated rings. The van der Waals surface area contributed by atoms with Gasteiger partial charge in [-0.25, -0.2) is 0 Å². The normalized spacial score (nSPS) is 12.2. The van der Waals surface area contributed by atoms with Crippen molar-refractivity contribution in [3.63, 3.8) is 0 Å². The Morgan fingerprint density at radius 3 is 2.61 bits per heavy atom. The average molecular weight is 246 g/mol. The van der Waals surface area contributed by atoms with Crippen LogP contribution < -0.4 is 10.1 Å². The second-order valence-electron chi connectivity index (χ2n) is 4.78. The van der Waals surface area contributed by atoms with Crippen LogP contribution in [0.15, 0.2) is 18.2 Å². The maximum atomic E-state index is 8.69. The number of methoxy groups -OCH3 is 1. The molecule has 0 radical (unpaired) electrons. The molecule has 1 rings (SSSR count). The van der Waals surface area contributed by atoms with E-state index in [-0.39, 0.29) is 6.04 Å². The molecule has 0 spiro atoms. The van der Waals surface area contributed by atoms with Crippen LogP contribution in [-0.4, -0.2) is 19.7 Å². The van der Waals surface area contributed by atoms with Crippen molar-refractivity contribution < 1.29 is 4.74 Å². The van der Waals surface area contributed by atoms with Gasteiger partial charge in [-0.1, -0.05) is 26.0 Å². The highest BCUT2D eigenvalue weighted by Gasteiger charge is 2.07. The Kier molecular flexibility index (Phi) is 5.67. The molecule has 0 aliphatic heterocycles. The highest BCUT2D eigenvalue weighted by molar-refractivity contribution is 5.38. The van der Waals surface area contributed by atoms with Crippen molar-refractivity contribution in [3.8, 4) is 11.8 Å². The zero-order valence-electron chi connectivity index (χ0n) is 11.7. The van der Waals surface area contributed by atoms with E-state index in [4.69, 9.17) is 10.00 Å². The SMILES string of the molecule is COc1cc(C(C)C)ccc1CCNC(C)C#N. The molecule has 1 unspecified atom stereocenters. The van der Waals surface area contributed by atoms with Crippen molar-refractivity contribution in [1.82, 2.24) is 5.32 Å². The molecule has 0 aliphatic carbocycles. The fraction of sp³-hybridized carbons (Fsp3) is 0.533. The molecule has 0 heterocycles. The summed E-state index contributed by atoms with van der Waals surface area (Å²) in [5.41, 5.74) is 2.47. The van der Waals surface area contributed by atoms with Gasteiger partial charge in [0.25, 0.3) is 0 Å². The Morgan fingerprint density at radius 2 is 2.06 bits per heavy atom. The quantitative estimate of drug-likeness (QED) is 0.839. The number of benzene rings is 1. The summed E-state index contributed by atoms with van der Waals surface area (Å²) in [4.78, 5) is 0. The summed E-state index contributed by atoms with van der Waals surface area (Å²) >= 11 is 0. The second kappa shape index (κ2) is 7.03. The number of hydrogen-bond donors (Lipinski definition) is 1. The minimum absolute atomic E-state index is 0.106. The van der Waals surface area contributed by atoms with E-state index in [1.165, 1.54) is 11.1 Å². The van der Waals surface area contributed by atoms with Crippen LogP contribution in [0.1, 0.15) is 37.8 Å². The molecule has 0 amide bonds. The van der Waals surface area contributed by atoms with E-state index in [9.17, 15) is 0 Å². The molecule has 0 bridgehead atoms. The third kappa shape index (κ3) is 4.05. The average Bonchev–Trinajstić information content (AvgIpc) is 2.38. The van der Waals surface area contributed by atoms with Crippen molar-refractivity contribution in [2.45, 2.75) is 39.2 Å². The molecule has 1 atom stereocenters. The zero-order valence-corrected chi connectivity index (χ0v) is 11.7. The molecular formula is C15H22N2O. The zero-order chi connectivity index (χ0) is 13.5. The highest BCUT2D eigenvalue weighted by Crippen LogP contribution is 2.24. The first-order chi connectivity index (χ1) is 8.58. The van der Waals surface area contributed by atoms with Crippen LogP contribution in [0.25, 0.3) is 0 Å². The first kappa shape index (κ1) is 14.5. The topological polar surface area (TPSA) is 45.0 Å². The Morgan fingerprint density at radius 1 is 1.33 bits per heavy atom. The number of nitrogens with zero attached hydrogens (tertiary/aromatic N) is 1. The van der Waals surface area contributed by atoms with Gasteiger partial charge in [0, 0.05) is 6.54 Å². The van der Waals surface area contributed by atoms with Crippen LogP contribution in [-0.2, 0) is 6.42 Å². The van der Waals surface area contributed by atoms with E-state index >= 15 is 0 Å². The van der Waals surface area contributed by atoms with Crippen molar-refractivity contribution in [1.29, 1.82) is 5.26 Å². The lowest BCUT2D eigenvalue weighted by Crippen LogP contribution is -2.26. The Balaban J connectivity index is 2.68. The number of ether oxygens (including phenoxy) is 1. The van der Waals surface area contributed by atoms with E-state index in [0.29, 0.717) is 5.92 Å². The van der Waals surface area contributed by atoms with Crippen LogP contribution in [0.5, 0.6) is 5.75 Å². The highest BCUT2D eigenvalue weighted by atomic mass is 16.5. The smallest absolute Gasteiger partial charge is 0.122 e. The lowest BCUT2D eigenvalue weighted by atomic mass is 10.00. The third-order valence-electron chi connectivity index (χ3n) is 3.02. The summed E-state index contributed by atoms with van der Waals surface area (Å²) in [7, 11) is 1.70. The number of hydrogen-bond acceptors (Lipinski definition) is 3. The van der Waals surface area contributed by atoms with Gasteiger partial charge in [-0.15, -0.1) is 0 Å². The summed E-state index contributed by atoms with van der Waals surface area (Å²) < 4.78 is 5.43. The molecular weight excluding hydrogens is 224 g/mol. The molecule has 0 saturated heterocycles. The van der Waals surface area contributed by atoms with Gasteiger partial charge in [0.2, 0.25) is 0 Å². The largest absolute Gasteiger partial charge is 0.496 e. The molecule has 3 heteroatoms. The summed E-state index contributed by atoms with van der Waals surface area (Å²) in [6.45, 7) is 6.99. The van der Waals surface area contributed by atoms with Crippen LogP contribution in [0.2, 0.25) is 0 Å². The van der Waals surface area contributed by atoms with E-state index in [1.807, 2.05) is 6.92 Å². The van der Waals surface area contributed by atoms with Gasteiger partial charge >= 0.3 is 0 Å². The molecule has 18 heavy (non-hydrogen) atoms. The van der Waals surface area contributed by atoms with Gasteiger partial charge < -0.3 is 10.1 Å². The van der Waals surface area contributed by atoms with E-state index in [2.05, 4.69) is 43.4 Å². The van der Waals surface area contributed by atoms with Crippen molar-refractivity contribution in [2.24, 2.45) is 0 Å². The van der Waals surface area contributed by atoms with Crippen LogP contribution >= 0.6 is 0 Å². The Hall–Kier alpha value is -1.53. The van der Waals surface area contributed by atoms with Gasteiger partial charge in [0.1, 0.15) is 5.75 Å². The maximum Gasteiger partial charge on any atom is 0.122 e.